The van der Waals surface area contributed by atoms with E-state index in [0.717, 1.165) is 12.1 Å². The molecule has 1 aromatic rings. The summed E-state index contributed by atoms with van der Waals surface area (Å²) in [6.45, 7) is 3.76. The minimum absolute atomic E-state index is 0.0239. The summed E-state index contributed by atoms with van der Waals surface area (Å²) in [6.07, 6.45) is -2.48. The minimum atomic E-state index is -4.90. The zero-order valence-corrected chi connectivity index (χ0v) is 15.4. The molecule has 0 aromatic heterocycles. The highest BCUT2D eigenvalue weighted by Gasteiger charge is 2.49. The molecule has 0 unspecified atom stereocenters. The van der Waals surface area contributed by atoms with Crippen LogP contribution in [-0.2, 0) is 11.0 Å². The lowest BCUT2D eigenvalue weighted by Gasteiger charge is -2.38. The van der Waals surface area contributed by atoms with Gasteiger partial charge in [-0.15, -0.1) is 0 Å². The van der Waals surface area contributed by atoms with Crippen LogP contribution in [0.15, 0.2) is 29.8 Å². The molecule has 0 N–H and O–H groups in total. The van der Waals surface area contributed by atoms with Crippen molar-refractivity contribution in [1.29, 1.82) is 5.26 Å². The van der Waals surface area contributed by atoms with Gasteiger partial charge in [0.2, 0.25) is 0 Å². The molecule has 3 rings (SSSR count). The van der Waals surface area contributed by atoms with Crippen LogP contribution in [0.25, 0.3) is 0 Å². The number of halogens is 4. The number of Topliss-reactive ketones (excluding diaryl/α,β-unsaturated/α-hetero) is 1. The number of nitrogens with zero attached hydrogens (tertiary/aromatic N) is 2. The molecule has 0 saturated carbocycles. The zero-order valence-electron chi connectivity index (χ0n) is 15.4. The average Bonchev–Trinajstić information content (AvgIpc) is 2.99. The van der Waals surface area contributed by atoms with Crippen LogP contribution in [-0.4, -0.2) is 29.7 Å². The molecule has 1 fully saturated rings. The van der Waals surface area contributed by atoms with Crippen molar-refractivity contribution >= 4 is 11.7 Å². The lowest BCUT2D eigenvalue weighted by atomic mass is 9.64. The van der Waals surface area contributed by atoms with Crippen molar-refractivity contribution in [3.8, 4) is 6.07 Å². The lowest BCUT2D eigenvalue weighted by Crippen LogP contribution is -2.41. The second-order valence-electron chi connectivity index (χ2n) is 8.06. The molecule has 0 bridgehead atoms. The molecule has 1 aliphatic heterocycles. The van der Waals surface area contributed by atoms with Crippen LogP contribution in [0.4, 0.5) is 17.6 Å². The predicted molar refractivity (Wildman–Crippen MR) is 91.5 cm³/mol. The quantitative estimate of drug-likeness (QED) is 0.673. The Morgan fingerprint density at radius 2 is 1.96 bits per heavy atom. The molecule has 148 valence electrons. The Bertz CT molecular complexity index is 927. The van der Waals surface area contributed by atoms with Gasteiger partial charge >= 0.3 is 6.18 Å². The number of carbonyl (C=O) groups excluding carboxylic acids is 2. The SMILES string of the molecule is CC1(C)C[C@]2(C=C(C#N)C1=O)CCN(C(=O)c1cccc(C(F)(F)F)c1F)C2. The van der Waals surface area contributed by atoms with Gasteiger partial charge in [-0.05, 0) is 25.0 Å². The number of hydrogen-bond acceptors (Lipinski definition) is 3. The Labute approximate surface area is 159 Å². The molecule has 1 aliphatic carbocycles. The van der Waals surface area contributed by atoms with Crippen molar-refractivity contribution in [2.24, 2.45) is 10.8 Å². The maximum atomic E-state index is 14.3. The summed E-state index contributed by atoms with van der Waals surface area (Å²) in [5.74, 6) is -2.69. The van der Waals surface area contributed by atoms with E-state index in [2.05, 4.69) is 0 Å². The van der Waals surface area contributed by atoms with E-state index < -0.39 is 39.9 Å². The fraction of sp³-hybridized carbons (Fsp3) is 0.450. The maximum Gasteiger partial charge on any atom is 0.419 e. The summed E-state index contributed by atoms with van der Waals surface area (Å²) in [7, 11) is 0. The molecule has 0 radical (unpaired) electrons. The molecule has 1 aromatic carbocycles. The van der Waals surface area contributed by atoms with E-state index in [1.807, 2.05) is 6.07 Å². The number of amides is 1. The second kappa shape index (κ2) is 6.43. The van der Waals surface area contributed by atoms with Crippen LogP contribution in [0, 0.1) is 28.0 Å². The van der Waals surface area contributed by atoms with Gasteiger partial charge in [0.1, 0.15) is 11.9 Å². The van der Waals surface area contributed by atoms with Gasteiger partial charge in [-0.3, -0.25) is 9.59 Å². The summed E-state index contributed by atoms with van der Waals surface area (Å²) in [6, 6.07) is 4.52. The minimum Gasteiger partial charge on any atom is -0.338 e. The van der Waals surface area contributed by atoms with E-state index in [0.29, 0.717) is 18.9 Å². The first kappa shape index (κ1) is 20.1. The van der Waals surface area contributed by atoms with Crippen LogP contribution in [0.3, 0.4) is 0 Å². The largest absolute Gasteiger partial charge is 0.419 e. The molecule has 1 atom stereocenters. The Morgan fingerprint density at radius 1 is 1.29 bits per heavy atom. The molecule has 1 saturated heterocycles. The molecule has 28 heavy (non-hydrogen) atoms. The van der Waals surface area contributed by atoms with Gasteiger partial charge in [0.25, 0.3) is 5.91 Å². The van der Waals surface area contributed by atoms with Crippen LogP contribution in [0.1, 0.15) is 42.6 Å². The Hall–Kier alpha value is -2.69. The number of benzene rings is 1. The van der Waals surface area contributed by atoms with E-state index in [4.69, 9.17) is 0 Å². The van der Waals surface area contributed by atoms with Crippen LogP contribution in [0.5, 0.6) is 0 Å². The van der Waals surface area contributed by atoms with Gasteiger partial charge < -0.3 is 4.90 Å². The third kappa shape index (κ3) is 3.30. The highest BCUT2D eigenvalue weighted by atomic mass is 19.4. The zero-order chi connectivity index (χ0) is 20.9. The van der Waals surface area contributed by atoms with Gasteiger partial charge in [-0.2, -0.15) is 18.4 Å². The molecule has 1 amide bonds. The number of hydrogen-bond donors (Lipinski definition) is 0. The van der Waals surface area contributed by atoms with Crippen LogP contribution >= 0.6 is 0 Å². The standard InChI is InChI=1S/C20H18F4N2O2/c1-18(2)10-19(8-12(9-25)16(18)27)6-7-26(11-19)17(28)13-4-3-5-14(15(13)21)20(22,23)24/h3-5,8H,6-7,10-11H2,1-2H3/t19-/m1/s1. The van der Waals surface area contributed by atoms with E-state index in [1.54, 1.807) is 19.9 Å². The molecule has 1 heterocycles. The van der Waals surface area contributed by atoms with Gasteiger partial charge in [-0.1, -0.05) is 26.0 Å². The first-order chi connectivity index (χ1) is 12.9. The van der Waals surface area contributed by atoms with Gasteiger partial charge in [0, 0.05) is 23.9 Å². The van der Waals surface area contributed by atoms with Crippen molar-refractivity contribution in [3.05, 3.63) is 46.8 Å². The topological polar surface area (TPSA) is 61.2 Å². The molecular formula is C20H18F4N2O2. The highest BCUT2D eigenvalue weighted by Crippen LogP contribution is 2.48. The Morgan fingerprint density at radius 3 is 2.57 bits per heavy atom. The van der Waals surface area contributed by atoms with Gasteiger partial charge in [-0.25, -0.2) is 4.39 Å². The molecule has 4 nitrogen and oxygen atoms in total. The number of allylic oxidation sites excluding steroid dienone is 1. The Balaban J connectivity index is 1.91. The summed E-state index contributed by atoms with van der Waals surface area (Å²) < 4.78 is 53.1. The molecular weight excluding hydrogens is 376 g/mol. The molecule has 1 spiro atoms. The predicted octanol–water partition coefficient (Wildman–Crippen LogP) is 4.13. The monoisotopic (exact) mass is 394 g/mol. The fourth-order valence-corrected chi connectivity index (χ4v) is 4.25. The highest BCUT2D eigenvalue weighted by molar-refractivity contribution is 6.04. The number of rotatable bonds is 1. The van der Waals surface area contributed by atoms with Crippen LogP contribution in [0.2, 0.25) is 0 Å². The number of carbonyl (C=O) groups is 2. The van der Waals surface area contributed by atoms with Gasteiger partial charge in [0.15, 0.2) is 5.78 Å². The van der Waals surface area contributed by atoms with Crippen molar-refractivity contribution in [2.45, 2.75) is 32.9 Å². The first-order valence-electron chi connectivity index (χ1n) is 8.73. The summed E-state index contributed by atoms with van der Waals surface area (Å²) in [5, 5.41) is 9.26. The maximum absolute atomic E-state index is 14.3. The summed E-state index contributed by atoms with van der Waals surface area (Å²) in [5.41, 5.74) is -3.52. The number of nitriles is 1. The fourth-order valence-electron chi connectivity index (χ4n) is 4.25. The summed E-state index contributed by atoms with van der Waals surface area (Å²) >= 11 is 0. The van der Waals surface area contributed by atoms with Crippen molar-refractivity contribution in [2.75, 3.05) is 13.1 Å². The van der Waals surface area contributed by atoms with Gasteiger partial charge in [0.05, 0.1) is 16.7 Å². The smallest absolute Gasteiger partial charge is 0.338 e. The normalized spacial score (nSPS) is 24.2. The van der Waals surface area contributed by atoms with Crippen molar-refractivity contribution in [3.63, 3.8) is 0 Å². The number of likely N-dealkylation sites (tertiary alicyclic amines) is 1. The third-order valence-corrected chi connectivity index (χ3v) is 5.43. The van der Waals surface area contributed by atoms with Crippen molar-refractivity contribution in [1.82, 2.24) is 4.90 Å². The summed E-state index contributed by atoms with van der Waals surface area (Å²) in [4.78, 5) is 26.3. The average molecular weight is 394 g/mol. The van der Waals surface area contributed by atoms with Crippen LogP contribution < -0.4 is 0 Å². The van der Waals surface area contributed by atoms with E-state index in [-0.39, 0.29) is 24.4 Å². The molecule has 2 aliphatic rings. The third-order valence-electron chi connectivity index (χ3n) is 5.43. The van der Waals surface area contributed by atoms with Crippen molar-refractivity contribution < 1.29 is 27.2 Å². The Kier molecular flexibility index (Phi) is 4.61. The van der Waals surface area contributed by atoms with E-state index in [9.17, 15) is 32.4 Å². The number of alkyl halides is 3. The molecule has 8 heteroatoms. The lowest BCUT2D eigenvalue weighted by molar-refractivity contribution is -0.140. The second-order valence-corrected chi connectivity index (χ2v) is 8.06. The van der Waals surface area contributed by atoms with E-state index >= 15 is 0 Å². The number of ketones is 1. The first-order valence-corrected chi connectivity index (χ1v) is 8.73. The van der Waals surface area contributed by atoms with E-state index in [1.165, 1.54) is 4.90 Å².